The highest BCUT2D eigenvalue weighted by molar-refractivity contribution is 5.92. The van der Waals surface area contributed by atoms with Crippen LogP contribution in [-0.2, 0) is 16.1 Å². The number of rotatable bonds is 6. The van der Waals surface area contributed by atoms with E-state index in [1.165, 1.54) is 6.07 Å². The van der Waals surface area contributed by atoms with Crippen LogP contribution in [0.1, 0.15) is 35.2 Å². The van der Waals surface area contributed by atoms with Crippen molar-refractivity contribution in [1.82, 2.24) is 14.9 Å². The summed E-state index contributed by atoms with van der Waals surface area (Å²) >= 11 is 0. The Morgan fingerprint density at radius 2 is 2.22 bits per heavy atom. The van der Waals surface area contributed by atoms with Gasteiger partial charge in [-0.05, 0) is 13.8 Å². The van der Waals surface area contributed by atoms with Gasteiger partial charge in [0.2, 0.25) is 5.91 Å². The first-order valence-corrected chi connectivity index (χ1v) is 6.66. The molecule has 2 rings (SSSR count). The second kappa shape index (κ2) is 6.99. The molecule has 0 spiro atoms. The van der Waals surface area contributed by atoms with Crippen molar-refractivity contribution in [1.29, 1.82) is 0 Å². The van der Waals surface area contributed by atoms with E-state index in [9.17, 15) is 18.4 Å². The van der Waals surface area contributed by atoms with Crippen LogP contribution in [0.25, 0.3) is 0 Å². The minimum Gasteiger partial charge on any atom is -0.462 e. The molecular weight excluding hydrogens is 314 g/mol. The van der Waals surface area contributed by atoms with Crippen LogP contribution in [0.15, 0.2) is 16.8 Å². The molecule has 2 aromatic heterocycles. The number of halogens is 2. The van der Waals surface area contributed by atoms with Gasteiger partial charge in [-0.15, -0.1) is 0 Å². The molecule has 0 aromatic carbocycles. The Morgan fingerprint density at radius 3 is 2.78 bits per heavy atom. The van der Waals surface area contributed by atoms with Crippen LogP contribution in [0.4, 0.5) is 14.6 Å². The molecule has 0 bridgehead atoms. The summed E-state index contributed by atoms with van der Waals surface area (Å²) in [5.41, 5.74) is -1.04. The Bertz CT molecular complexity index is 711. The van der Waals surface area contributed by atoms with Gasteiger partial charge in [0.15, 0.2) is 5.82 Å². The molecule has 0 aliphatic carbocycles. The molecule has 0 radical (unpaired) electrons. The normalized spacial score (nSPS) is 10.8. The van der Waals surface area contributed by atoms with Crippen molar-refractivity contribution >= 4 is 17.7 Å². The molecule has 0 atom stereocenters. The summed E-state index contributed by atoms with van der Waals surface area (Å²) in [6.45, 7) is 2.72. The third-order valence-electron chi connectivity index (χ3n) is 2.77. The summed E-state index contributed by atoms with van der Waals surface area (Å²) in [4.78, 5) is 23.5. The number of anilines is 1. The quantitative estimate of drug-likeness (QED) is 0.814. The molecule has 2 aromatic rings. The van der Waals surface area contributed by atoms with Gasteiger partial charge in [0.25, 0.3) is 6.43 Å². The average molecular weight is 328 g/mol. The third-order valence-corrected chi connectivity index (χ3v) is 2.77. The highest BCUT2D eigenvalue weighted by Crippen LogP contribution is 2.23. The number of aromatic nitrogens is 3. The maximum Gasteiger partial charge on any atom is 0.341 e. The first-order chi connectivity index (χ1) is 10.9. The number of nitrogens with one attached hydrogen (secondary N) is 1. The van der Waals surface area contributed by atoms with E-state index in [-0.39, 0.29) is 18.0 Å². The lowest BCUT2D eigenvalue weighted by molar-refractivity contribution is -0.117. The van der Waals surface area contributed by atoms with E-state index in [0.29, 0.717) is 5.76 Å². The summed E-state index contributed by atoms with van der Waals surface area (Å²) in [7, 11) is 0. The van der Waals surface area contributed by atoms with Crippen molar-refractivity contribution in [2.45, 2.75) is 26.8 Å². The molecule has 0 fully saturated rings. The van der Waals surface area contributed by atoms with Crippen molar-refractivity contribution < 1.29 is 27.6 Å². The van der Waals surface area contributed by atoms with Crippen LogP contribution in [0.2, 0.25) is 0 Å². The van der Waals surface area contributed by atoms with Gasteiger partial charge in [-0.25, -0.2) is 13.6 Å². The molecule has 23 heavy (non-hydrogen) atoms. The van der Waals surface area contributed by atoms with E-state index in [0.717, 1.165) is 10.9 Å². The predicted molar refractivity (Wildman–Crippen MR) is 73.0 cm³/mol. The predicted octanol–water partition coefficient (Wildman–Crippen LogP) is 1.93. The SMILES string of the molecule is CCOC(=O)c1cnn(CC(=O)Nc2cc(C)on2)c1C(F)F. The largest absolute Gasteiger partial charge is 0.462 e. The molecule has 2 heterocycles. The average Bonchev–Trinajstić information content (AvgIpc) is 3.05. The number of ether oxygens (including phenoxy) is 1. The van der Waals surface area contributed by atoms with Crippen LogP contribution in [0.5, 0.6) is 0 Å². The van der Waals surface area contributed by atoms with Crippen LogP contribution in [0.3, 0.4) is 0 Å². The van der Waals surface area contributed by atoms with Gasteiger partial charge in [-0.2, -0.15) is 5.10 Å². The molecule has 10 heteroatoms. The van der Waals surface area contributed by atoms with Crippen molar-refractivity contribution in [3.8, 4) is 0 Å². The topological polar surface area (TPSA) is 99.2 Å². The Hall–Kier alpha value is -2.78. The van der Waals surface area contributed by atoms with E-state index in [1.54, 1.807) is 13.8 Å². The van der Waals surface area contributed by atoms with Crippen molar-refractivity contribution in [2.24, 2.45) is 0 Å². The van der Waals surface area contributed by atoms with Gasteiger partial charge in [0.1, 0.15) is 23.6 Å². The van der Waals surface area contributed by atoms with Gasteiger partial charge in [-0.1, -0.05) is 5.16 Å². The molecule has 0 saturated carbocycles. The molecular formula is C13H14F2N4O4. The number of amides is 1. The number of alkyl halides is 2. The second-order valence-corrected chi connectivity index (χ2v) is 4.49. The van der Waals surface area contributed by atoms with E-state index < -0.39 is 30.5 Å². The number of esters is 1. The first-order valence-electron chi connectivity index (χ1n) is 6.66. The Kier molecular flexibility index (Phi) is 5.04. The second-order valence-electron chi connectivity index (χ2n) is 4.49. The fourth-order valence-electron chi connectivity index (χ4n) is 1.86. The third kappa shape index (κ3) is 3.90. The lowest BCUT2D eigenvalue weighted by Gasteiger charge is -2.08. The Balaban J connectivity index is 2.15. The maximum atomic E-state index is 13.2. The number of aryl methyl sites for hydroxylation is 1. The lowest BCUT2D eigenvalue weighted by atomic mass is 10.2. The summed E-state index contributed by atoms with van der Waals surface area (Å²) in [6, 6.07) is 1.47. The van der Waals surface area contributed by atoms with Crippen molar-refractivity contribution in [3.63, 3.8) is 0 Å². The van der Waals surface area contributed by atoms with Crippen LogP contribution in [-0.4, -0.2) is 33.4 Å². The molecule has 1 amide bonds. The highest BCUT2D eigenvalue weighted by Gasteiger charge is 2.26. The van der Waals surface area contributed by atoms with Crippen molar-refractivity contribution in [2.75, 3.05) is 11.9 Å². The number of nitrogens with zero attached hydrogens (tertiary/aromatic N) is 3. The summed E-state index contributed by atoms with van der Waals surface area (Å²) < 4.78 is 36.6. The molecule has 0 saturated heterocycles. The van der Waals surface area contributed by atoms with Gasteiger partial charge in [0, 0.05) is 6.07 Å². The van der Waals surface area contributed by atoms with Crippen LogP contribution in [0, 0.1) is 6.92 Å². The molecule has 0 aliphatic rings. The van der Waals surface area contributed by atoms with E-state index >= 15 is 0 Å². The van der Waals surface area contributed by atoms with E-state index in [2.05, 4.69) is 20.3 Å². The Labute approximate surface area is 129 Å². The highest BCUT2D eigenvalue weighted by atomic mass is 19.3. The number of carbonyl (C=O) groups is 2. The fraction of sp³-hybridized carbons (Fsp3) is 0.385. The van der Waals surface area contributed by atoms with Gasteiger partial charge in [-0.3, -0.25) is 9.48 Å². The van der Waals surface area contributed by atoms with Gasteiger partial charge >= 0.3 is 5.97 Å². The van der Waals surface area contributed by atoms with Crippen LogP contribution >= 0.6 is 0 Å². The zero-order valence-electron chi connectivity index (χ0n) is 12.4. The zero-order chi connectivity index (χ0) is 17.0. The molecule has 1 N–H and O–H groups in total. The molecule has 0 aliphatic heterocycles. The Morgan fingerprint density at radius 1 is 1.48 bits per heavy atom. The van der Waals surface area contributed by atoms with Crippen molar-refractivity contribution in [3.05, 3.63) is 29.3 Å². The van der Waals surface area contributed by atoms with E-state index in [4.69, 9.17) is 4.52 Å². The molecule has 8 nitrogen and oxygen atoms in total. The van der Waals surface area contributed by atoms with Crippen LogP contribution < -0.4 is 5.32 Å². The standard InChI is InChI=1S/C13H14F2N4O4/c1-3-22-13(21)8-5-16-19(11(8)12(14)15)6-10(20)17-9-4-7(2)23-18-9/h4-5,12H,3,6H2,1-2H3,(H,17,18,20). The zero-order valence-corrected chi connectivity index (χ0v) is 12.4. The first kappa shape index (κ1) is 16.6. The molecule has 0 unspecified atom stereocenters. The summed E-state index contributed by atoms with van der Waals surface area (Å²) in [5, 5.41) is 9.59. The number of hydrogen-bond acceptors (Lipinski definition) is 6. The minimum absolute atomic E-state index is 0.0404. The van der Waals surface area contributed by atoms with E-state index in [1.807, 2.05) is 0 Å². The smallest absolute Gasteiger partial charge is 0.341 e. The fourth-order valence-corrected chi connectivity index (χ4v) is 1.86. The summed E-state index contributed by atoms with van der Waals surface area (Å²) in [6.07, 6.45) is -2.04. The monoisotopic (exact) mass is 328 g/mol. The summed E-state index contributed by atoms with van der Waals surface area (Å²) in [5.74, 6) is -0.915. The number of hydrogen-bond donors (Lipinski definition) is 1. The van der Waals surface area contributed by atoms with Gasteiger partial charge in [0.05, 0.1) is 12.8 Å². The maximum absolute atomic E-state index is 13.2. The molecule has 124 valence electrons. The van der Waals surface area contributed by atoms with Gasteiger partial charge < -0.3 is 14.6 Å². The minimum atomic E-state index is -2.99. The number of carbonyl (C=O) groups excluding carboxylic acids is 2. The lowest BCUT2D eigenvalue weighted by Crippen LogP contribution is -2.22.